The summed E-state index contributed by atoms with van der Waals surface area (Å²) in [6, 6.07) is 0. The summed E-state index contributed by atoms with van der Waals surface area (Å²) in [5, 5.41) is 14.5. The standard InChI is InChI=1S/C6H8ClN3O2/c1-3-4-5(10(11)12)6(7)9(2)8-4/h3H2,1-2H3. The van der Waals surface area contributed by atoms with Crippen LogP contribution in [0.3, 0.4) is 0 Å². The number of hydrogen-bond acceptors (Lipinski definition) is 3. The third-order valence-electron chi connectivity index (χ3n) is 1.54. The lowest BCUT2D eigenvalue weighted by Crippen LogP contribution is -1.91. The molecule has 1 aromatic rings. The second kappa shape index (κ2) is 3.10. The van der Waals surface area contributed by atoms with Gasteiger partial charge in [0.05, 0.1) is 4.92 Å². The van der Waals surface area contributed by atoms with Crippen molar-refractivity contribution in [1.82, 2.24) is 9.78 Å². The molecule has 0 fully saturated rings. The van der Waals surface area contributed by atoms with E-state index in [-0.39, 0.29) is 10.8 Å². The van der Waals surface area contributed by atoms with Crippen molar-refractivity contribution < 1.29 is 4.92 Å². The number of aryl methyl sites for hydroxylation is 2. The zero-order valence-corrected chi connectivity index (χ0v) is 7.50. The average molecular weight is 190 g/mol. The Hall–Kier alpha value is -1.10. The second-order valence-corrected chi connectivity index (χ2v) is 2.68. The molecule has 0 aliphatic rings. The van der Waals surface area contributed by atoms with Crippen molar-refractivity contribution >= 4 is 17.3 Å². The summed E-state index contributed by atoms with van der Waals surface area (Å²) >= 11 is 5.65. The van der Waals surface area contributed by atoms with Gasteiger partial charge in [-0.05, 0) is 6.42 Å². The van der Waals surface area contributed by atoms with Crippen LogP contribution in [0.2, 0.25) is 5.15 Å². The number of aromatic nitrogens is 2. The van der Waals surface area contributed by atoms with Gasteiger partial charge >= 0.3 is 5.69 Å². The minimum Gasteiger partial charge on any atom is -0.258 e. The first kappa shape index (κ1) is 8.99. The van der Waals surface area contributed by atoms with Gasteiger partial charge < -0.3 is 0 Å². The maximum atomic E-state index is 10.5. The maximum absolute atomic E-state index is 10.5. The van der Waals surface area contributed by atoms with Crippen molar-refractivity contribution in [1.29, 1.82) is 0 Å². The van der Waals surface area contributed by atoms with Gasteiger partial charge in [0.15, 0.2) is 0 Å². The molecule has 5 nitrogen and oxygen atoms in total. The van der Waals surface area contributed by atoms with Crippen molar-refractivity contribution in [2.75, 3.05) is 0 Å². The topological polar surface area (TPSA) is 61.0 Å². The van der Waals surface area contributed by atoms with Gasteiger partial charge in [-0.15, -0.1) is 0 Å². The molecule has 0 aliphatic heterocycles. The Kier molecular flexibility index (Phi) is 2.32. The summed E-state index contributed by atoms with van der Waals surface area (Å²) < 4.78 is 1.30. The van der Waals surface area contributed by atoms with Crippen LogP contribution in [0.4, 0.5) is 5.69 Å². The van der Waals surface area contributed by atoms with Crippen LogP contribution in [0.25, 0.3) is 0 Å². The van der Waals surface area contributed by atoms with Gasteiger partial charge in [0, 0.05) is 7.05 Å². The average Bonchev–Trinajstić information content (AvgIpc) is 2.28. The predicted molar refractivity (Wildman–Crippen MR) is 44.3 cm³/mol. The molecule has 0 aromatic carbocycles. The Labute approximate surface area is 74.1 Å². The highest BCUT2D eigenvalue weighted by molar-refractivity contribution is 6.31. The number of nitro groups is 1. The van der Waals surface area contributed by atoms with Gasteiger partial charge in [0.1, 0.15) is 5.69 Å². The first-order chi connectivity index (χ1) is 5.57. The third-order valence-corrected chi connectivity index (χ3v) is 1.96. The van der Waals surface area contributed by atoms with Crippen LogP contribution >= 0.6 is 11.6 Å². The molecule has 6 heteroatoms. The molecular weight excluding hydrogens is 182 g/mol. The fourth-order valence-corrected chi connectivity index (χ4v) is 1.18. The SMILES string of the molecule is CCc1nn(C)c(Cl)c1[N+](=O)[O-]. The summed E-state index contributed by atoms with van der Waals surface area (Å²) in [6.45, 7) is 1.80. The molecule has 1 rings (SSSR count). The fraction of sp³-hybridized carbons (Fsp3) is 0.500. The van der Waals surface area contributed by atoms with Crippen LogP contribution in [0, 0.1) is 10.1 Å². The highest BCUT2D eigenvalue weighted by Crippen LogP contribution is 2.27. The van der Waals surface area contributed by atoms with Gasteiger partial charge in [-0.1, -0.05) is 18.5 Å². The molecule has 0 N–H and O–H groups in total. The molecule has 0 amide bonds. The molecule has 0 spiro atoms. The summed E-state index contributed by atoms with van der Waals surface area (Å²) in [5.74, 6) is 0. The maximum Gasteiger partial charge on any atom is 0.329 e. The molecule has 66 valence electrons. The lowest BCUT2D eigenvalue weighted by atomic mass is 10.3. The van der Waals surface area contributed by atoms with Crippen LogP contribution in [-0.2, 0) is 13.5 Å². The summed E-state index contributed by atoms with van der Waals surface area (Å²) in [4.78, 5) is 9.98. The molecule has 0 radical (unpaired) electrons. The Morgan fingerprint density at radius 1 is 1.75 bits per heavy atom. The normalized spacial score (nSPS) is 10.2. The van der Waals surface area contributed by atoms with E-state index in [2.05, 4.69) is 5.10 Å². The van der Waals surface area contributed by atoms with Crippen LogP contribution in [0.15, 0.2) is 0 Å². The Balaban J connectivity index is 3.31. The van der Waals surface area contributed by atoms with Crippen molar-refractivity contribution in [3.63, 3.8) is 0 Å². The molecule has 12 heavy (non-hydrogen) atoms. The molecular formula is C6H8ClN3O2. The van der Waals surface area contributed by atoms with E-state index >= 15 is 0 Å². The van der Waals surface area contributed by atoms with E-state index in [1.807, 2.05) is 0 Å². The number of hydrogen-bond donors (Lipinski definition) is 0. The van der Waals surface area contributed by atoms with E-state index in [1.54, 1.807) is 14.0 Å². The van der Waals surface area contributed by atoms with Gasteiger partial charge in [0.2, 0.25) is 5.15 Å². The number of rotatable bonds is 2. The van der Waals surface area contributed by atoms with Crippen LogP contribution < -0.4 is 0 Å². The molecule has 0 aliphatic carbocycles. The fourth-order valence-electron chi connectivity index (χ4n) is 0.964. The highest BCUT2D eigenvalue weighted by Gasteiger charge is 2.23. The summed E-state index contributed by atoms with van der Waals surface area (Å²) in [5.41, 5.74) is 0.342. The minimum absolute atomic E-state index is 0.0804. The van der Waals surface area contributed by atoms with Crippen molar-refractivity contribution in [3.05, 3.63) is 21.0 Å². The molecule has 1 aromatic heterocycles. The molecule has 0 saturated carbocycles. The molecule has 0 atom stereocenters. The molecule has 1 heterocycles. The van der Waals surface area contributed by atoms with Crippen molar-refractivity contribution in [2.45, 2.75) is 13.3 Å². The zero-order valence-electron chi connectivity index (χ0n) is 6.74. The Morgan fingerprint density at radius 2 is 2.33 bits per heavy atom. The number of halogens is 1. The van der Waals surface area contributed by atoms with E-state index in [0.717, 1.165) is 0 Å². The van der Waals surface area contributed by atoms with E-state index in [9.17, 15) is 10.1 Å². The summed E-state index contributed by atoms with van der Waals surface area (Å²) in [6.07, 6.45) is 0.511. The van der Waals surface area contributed by atoms with Gasteiger partial charge in [0.25, 0.3) is 0 Å². The van der Waals surface area contributed by atoms with E-state index in [4.69, 9.17) is 11.6 Å². The third kappa shape index (κ3) is 1.27. The van der Waals surface area contributed by atoms with Crippen molar-refractivity contribution in [2.24, 2.45) is 7.05 Å². The first-order valence-corrected chi connectivity index (χ1v) is 3.81. The zero-order chi connectivity index (χ0) is 9.30. The Morgan fingerprint density at radius 3 is 2.67 bits per heavy atom. The van der Waals surface area contributed by atoms with Crippen LogP contribution in [0.1, 0.15) is 12.6 Å². The van der Waals surface area contributed by atoms with E-state index < -0.39 is 4.92 Å². The first-order valence-electron chi connectivity index (χ1n) is 3.43. The number of nitrogens with zero attached hydrogens (tertiary/aromatic N) is 3. The molecule has 0 saturated heterocycles. The van der Waals surface area contributed by atoms with Gasteiger partial charge in [-0.3, -0.25) is 14.8 Å². The predicted octanol–water partition coefficient (Wildman–Crippen LogP) is 1.54. The monoisotopic (exact) mass is 189 g/mol. The van der Waals surface area contributed by atoms with Crippen molar-refractivity contribution in [3.8, 4) is 0 Å². The summed E-state index contributed by atoms with van der Waals surface area (Å²) in [7, 11) is 1.58. The Bertz CT molecular complexity index is 321. The van der Waals surface area contributed by atoms with Gasteiger partial charge in [-0.25, -0.2) is 0 Å². The van der Waals surface area contributed by atoms with E-state index in [1.165, 1.54) is 4.68 Å². The lowest BCUT2D eigenvalue weighted by molar-refractivity contribution is -0.385. The molecule has 0 unspecified atom stereocenters. The second-order valence-electron chi connectivity index (χ2n) is 2.32. The molecule has 0 bridgehead atoms. The van der Waals surface area contributed by atoms with Crippen LogP contribution in [-0.4, -0.2) is 14.7 Å². The lowest BCUT2D eigenvalue weighted by Gasteiger charge is -1.88. The minimum atomic E-state index is -0.506. The highest BCUT2D eigenvalue weighted by atomic mass is 35.5. The largest absolute Gasteiger partial charge is 0.329 e. The van der Waals surface area contributed by atoms with E-state index in [0.29, 0.717) is 12.1 Å². The van der Waals surface area contributed by atoms with Gasteiger partial charge in [-0.2, -0.15) is 5.10 Å². The quantitative estimate of drug-likeness (QED) is 0.524. The van der Waals surface area contributed by atoms with Crippen LogP contribution in [0.5, 0.6) is 0 Å². The smallest absolute Gasteiger partial charge is 0.258 e.